The molecule has 5 N–H and O–H groups in total. The van der Waals surface area contributed by atoms with Crippen LogP contribution >= 0.6 is 0 Å². The molecule has 36 heavy (non-hydrogen) atoms. The van der Waals surface area contributed by atoms with Gasteiger partial charge in [-0.3, -0.25) is 14.8 Å². The van der Waals surface area contributed by atoms with E-state index in [-0.39, 0.29) is 13.0 Å². The van der Waals surface area contributed by atoms with E-state index in [1.165, 1.54) is 12.4 Å². The van der Waals surface area contributed by atoms with Crippen molar-refractivity contribution in [2.75, 3.05) is 5.32 Å². The van der Waals surface area contributed by atoms with Crippen molar-refractivity contribution in [2.45, 2.75) is 33.0 Å². The third-order valence-corrected chi connectivity index (χ3v) is 4.88. The van der Waals surface area contributed by atoms with Gasteiger partial charge in [-0.25, -0.2) is 10.5 Å². The van der Waals surface area contributed by atoms with E-state index in [9.17, 15) is 14.7 Å². The van der Waals surface area contributed by atoms with Gasteiger partial charge in [0.05, 0.1) is 6.10 Å². The number of rotatable bonds is 7. The van der Waals surface area contributed by atoms with E-state index in [2.05, 4.69) is 39.3 Å². The molecule has 0 fully saturated rings. The second kappa shape index (κ2) is 13.9. The largest absolute Gasteiger partial charge is 0.391 e. The molecule has 0 aliphatic heterocycles. The summed E-state index contributed by atoms with van der Waals surface area (Å²) in [5.74, 6) is 10.8. The number of benzene rings is 2. The summed E-state index contributed by atoms with van der Waals surface area (Å²) in [7, 11) is 0. The highest BCUT2D eigenvalue weighted by atomic mass is 16.5. The first-order valence-electron chi connectivity index (χ1n) is 10.7. The molecule has 0 saturated carbocycles. The minimum atomic E-state index is -1.28. The van der Waals surface area contributed by atoms with Crippen molar-refractivity contribution in [2.24, 2.45) is 0 Å². The number of aliphatic hydroxyl groups excluding tert-OH is 1. The van der Waals surface area contributed by atoms with Crippen LogP contribution in [-0.4, -0.2) is 39.3 Å². The molecule has 0 saturated heterocycles. The summed E-state index contributed by atoms with van der Waals surface area (Å²) in [5.41, 5.74) is 4.30. The van der Waals surface area contributed by atoms with Gasteiger partial charge in [-0.15, -0.1) is 0 Å². The maximum atomic E-state index is 12.3. The minimum absolute atomic E-state index is 0. The molecule has 184 valence electrons. The van der Waals surface area contributed by atoms with Crippen LogP contribution in [0.4, 0.5) is 5.82 Å². The third-order valence-electron chi connectivity index (χ3n) is 4.88. The molecule has 2 amide bonds. The van der Waals surface area contributed by atoms with Gasteiger partial charge in [0.25, 0.3) is 11.8 Å². The summed E-state index contributed by atoms with van der Waals surface area (Å²) in [4.78, 5) is 28.1. The SMILES string of the molecule is C.C[C@@H](O)[C@H](NC(=O)c1ccc(C#CC#Cc2ccc(CNc3ccccn3)cc2)cc1)C(=O)NO. The van der Waals surface area contributed by atoms with Crippen molar-refractivity contribution in [1.82, 2.24) is 15.8 Å². The molecule has 8 heteroatoms. The van der Waals surface area contributed by atoms with Gasteiger partial charge in [-0.1, -0.05) is 37.5 Å². The average Bonchev–Trinajstić information content (AvgIpc) is 2.89. The standard InChI is InChI=1S/C27H24N4O4.CH4/c1-19(32)25(27(34)31-35)30-26(33)23-15-13-21(14-16-23)7-3-2-6-20-9-11-22(12-10-20)18-29-24-8-4-5-17-28-24;/h4-5,8-17,19,25,32,35H,18H2,1H3,(H,28,29)(H,30,33)(H,31,34);1H4/t19-,25+;/m1./s1. The zero-order valence-corrected chi connectivity index (χ0v) is 18.9. The van der Waals surface area contributed by atoms with Crippen LogP contribution < -0.4 is 16.1 Å². The zero-order valence-electron chi connectivity index (χ0n) is 18.9. The molecule has 0 radical (unpaired) electrons. The monoisotopic (exact) mass is 484 g/mol. The lowest BCUT2D eigenvalue weighted by Gasteiger charge is -2.19. The van der Waals surface area contributed by atoms with E-state index in [0.29, 0.717) is 12.1 Å². The van der Waals surface area contributed by atoms with Gasteiger partial charge >= 0.3 is 0 Å². The quantitative estimate of drug-likeness (QED) is 0.200. The third kappa shape index (κ3) is 8.30. The molecule has 0 bridgehead atoms. The Kier molecular flexibility index (Phi) is 10.7. The molecule has 0 unspecified atom stereocenters. The fraction of sp³-hybridized carbons (Fsp3) is 0.179. The van der Waals surface area contributed by atoms with Crippen LogP contribution in [0.2, 0.25) is 0 Å². The van der Waals surface area contributed by atoms with E-state index in [1.54, 1.807) is 30.5 Å². The lowest BCUT2D eigenvalue weighted by molar-refractivity contribution is -0.133. The number of carbonyl (C=O) groups is 2. The van der Waals surface area contributed by atoms with E-state index in [4.69, 9.17) is 5.21 Å². The highest BCUT2D eigenvalue weighted by Gasteiger charge is 2.25. The highest BCUT2D eigenvalue weighted by molar-refractivity contribution is 5.97. The first-order chi connectivity index (χ1) is 17.0. The van der Waals surface area contributed by atoms with Crippen LogP contribution in [0, 0.1) is 23.7 Å². The minimum Gasteiger partial charge on any atom is -0.391 e. The zero-order chi connectivity index (χ0) is 25.0. The van der Waals surface area contributed by atoms with E-state index in [1.807, 2.05) is 42.5 Å². The van der Waals surface area contributed by atoms with Crippen LogP contribution in [0.1, 0.15) is 41.4 Å². The van der Waals surface area contributed by atoms with Gasteiger partial charge in [-0.2, -0.15) is 0 Å². The molecule has 2 aromatic carbocycles. The van der Waals surface area contributed by atoms with Crippen molar-refractivity contribution in [3.05, 3.63) is 95.2 Å². The van der Waals surface area contributed by atoms with Gasteiger partial charge in [-0.05, 0) is 72.9 Å². The average molecular weight is 485 g/mol. The predicted octanol–water partition coefficient (Wildman–Crippen LogP) is 2.72. The Morgan fingerprint density at radius 1 is 0.944 bits per heavy atom. The fourth-order valence-corrected chi connectivity index (χ4v) is 2.98. The molecule has 0 aliphatic carbocycles. The smallest absolute Gasteiger partial charge is 0.268 e. The number of hydrogen-bond acceptors (Lipinski definition) is 6. The molecular weight excluding hydrogens is 456 g/mol. The maximum Gasteiger partial charge on any atom is 0.268 e. The summed E-state index contributed by atoms with van der Waals surface area (Å²) in [6.45, 7) is 1.99. The van der Waals surface area contributed by atoms with Gasteiger partial charge in [0, 0.05) is 29.4 Å². The number of aliphatic hydroxyl groups is 1. The second-order valence-corrected chi connectivity index (χ2v) is 7.51. The van der Waals surface area contributed by atoms with E-state index in [0.717, 1.165) is 16.9 Å². The van der Waals surface area contributed by atoms with Crippen molar-refractivity contribution in [1.29, 1.82) is 0 Å². The van der Waals surface area contributed by atoms with Crippen LogP contribution in [0.25, 0.3) is 0 Å². The second-order valence-electron chi connectivity index (χ2n) is 7.51. The number of nitrogens with zero attached hydrogens (tertiary/aromatic N) is 1. The number of nitrogens with one attached hydrogen (secondary N) is 3. The van der Waals surface area contributed by atoms with Gasteiger partial charge < -0.3 is 15.7 Å². The van der Waals surface area contributed by atoms with Crippen molar-refractivity contribution in [3.8, 4) is 23.7 Å². The Morgan fingerprint density at radius 3 is 2.08 bits per heavy atom. The molecule has 0 aliphatic rings. The van der Waals surface area contributed by atoms with E-state index >= 15 is 0 Å². The molecule has 1 aromatic heterocycles. The summed E-state index contributed by atoms with van der Waals surface area (Å²) < 4.78 is 0. The molecule has 2 atom stereocenters. The number of carbonyl (C=O) groups excluding carboxylic acids is 2. The van der Waals surface area contributed by atoms with Crippen LogP contribution in [0.3, 0.4) is 0 Å². The molecular formula is C28H28N4O4. The fourth-order valence-electron chi connectivity index (χ4n) is 2.98. The normalized spacial score (nSPS) is 11.2. The Labute approximate surface area is 210 Å². The summed E-state index contributed by atoms with van der Waals surface area (Å²) in [6.07, 6.45) is 0.553. The summed E-state index contributed by atoms with van der Waals surface area (Å²) >= 11 is 0. The lowest BCUT2D eigenvalue weighted by Crippen LogP contribution is -2.51. The summed E-state index contributed by atoms with van der Waals surface area (Å²) in [5, 5.41) is 24.0. The molecule has 3 rings (SSSR count). The highest BCUT2D eigenvalue weighted by Crippen LogP contribution is 2.08. The van der Waals surface area contributed by atoms with Crippen LogP contribution in [0.5, 0.6) is 0 Å². The first-order valence-corrected chi connectivity index (χ1v) is 10.7. The van der Waals surface area contributed by atoms with Crippen LogP contribution in [-0.2, 0) is 11.3 Å². The van der Waals surface area contributed by atoms with Crippen LogP contribution in [0.15, 0.2) is 72.9 Å². The van der Waals surface area contributed by atoms with Crippen molar-refractivity contribution in [3.63, 3.8) is 0 Å². The van der Waals surface area contributed by atoms with E-state index < -0.39 is 24.0 Å². The van der Waals surface area contributed by atoms with Gasteiger partial charge in [0.15, 0.2) is 0 Å². The van der Waals surface area contributed by atoms with Gasteiger partial charge in [0.2, 0.25) is 0 Å². The number of aromatic nitrogens is 1. The van der Waals surface area contributed by atoms with Gasteiger partial charge in [0.1, 0.15) is 11.9 Å². The molecule has 8 nitrogen and oxygen atoms in total. The lowest BCUT2D eigenvalue weighted by atomic mass is 10.1. The summed E-state index contributed by atoms with van der Waals surface area (Å²) in [6, 6.07) is 18.6. The molecule has 3 aromatic rings. The Bertz CT molecular complexity index is 1270. The van der Waals surface area contributed by atoms with Crippen molar-refractivity contribution >= 4 is 17.6 Å². The number of anilines is 1. The number of pyridine rings is 1. The van der Waals surface area contributed by atoms with Crippen molar-refractivity contribution < 1.29 is 19.9 Å². The Hall–Kier alpha value is -4.63. The Morgan fingerprint density at radius 2 is 1.56 bits per heavy atom. The maximum absolute atomic E-state index is 12.3. The first kappa shape index (κ1) is 27.6. The molecule has 1 heterocycles. The predicted molar refractivity (Wildman–Crippen MR) is 138 cm³/mol. The molecule has 0 spiro atoms. The number of hydroxylamine groups is 1. The Balaban J connectivity index is 0.00000456. The number of amides is 2. The topological polar surface area (TPSA) is 124 Å². The number of hydrogen-bond donors (Lipinski definition) is 5.